The molecule has 2 aliphatic heterocycles. The Kier molecular flexibility index (Phi) is 3.40. The van der Waals surface area contributed by atoms with Crippen LogP contribution in [-0.4, -0.2) is 23.1 Å². The number of para-hydroxylation sites is 2. The summed E-state index contributed by atoms with van der Waals surface area (Å²) in [6.07, 6.45) is 5.22. The highest BCUT2D eigenvalue weighted by molar-refractivity contribution is 5.69. The topological polar surface area (TPSA) is 32.3 Å². The van der Waals surface area contributed by atoms with Gasteiger partial charge < -0.3 is 9.80 Å². The molecule has 0 spiro atoms. The van der Waals surface area contributed by atoms with Crippen LogP contribution in [0.15, 0.2) is 60.8 Å². The molecule has 4 nitrogen and oxygen atoms in total. The van der Waals surface area contributed by atoms with Gasteiger partial charge in [-0.3, -0.25) is 0 Å². The monoisotopic (exact) mass is 328 g/mol. The lowest BCUT2D eigenvalue weighted by Crippen LogP contribution is -2.27. The van der Waals surface area contributed by atoms with Gasteiger partial charge in [0.05, 0.1) is 0 Å². The second-order valence-electron chi connectivity index (χ2n) is 6.63. The highest BCUT2D eigenvalue weighted by Gasteiger charge is 2.24. The molecular weight excluding hydrogens is 308 g/mol. The van der Waals surface area contributed by atoms with Gasteiger partial charge in [-0.1, -0.05) is 36.4 Å². The molecule has 0 N–H and O–H groups in total. The molecular formula is C21H20N4. The Morgan fingerprint density at radius 1 is 0.720 bits per heavy atom. The second-order valence-corrected chi connectivity index (χ2v) is 6.63. The van der Waals surface area contributed by atoms with Crippen molar-refractivity contribution < 1.29 is 0 Å². The standard InChI is InChI=1S/C21H20N4/c1-4-10-19-16(6-1)8-5-14-25(19)21-22-13-11-20(23-21)24-15-12-17-7-2-3-9-18(17)24/h1-4,6-7,9-11,13H,5,8,12,14-15H2. The van der Waals surface area contributed by atoms with Crippen molar-refractivity contribution >= 4 is 23.1 Å². The molecule has 3 aromatic rings. The Morgan fingerprint density at radius 3 is 2.28 bits per heavy atom. The number of aryl methyl sites for hydroxylation is 1. The molecule has 0 aliphatic carbocycles. The van der Waals surface area contributed by atoms with Crippen LogP contribution in [0.2, 0.25) is 0 Å². The predicted molar refractivity (Wildman–Crippen MR) is 101 cm³/mol. The summed E-state index contributed by atoms with van der Waals surface area (Å²) in [5, 5.41) is 0. The minimum Gasteiger partial charge on any atom is -0.326 e. The SMILES string of the molecule is c1ccc2c(c1)CCN2c1ccnc(N2CCCc3ccccc32)n1. The Labute approximate surface area is 147 Å². The van der Waals surface area contributed by atoms with E-state index in [0.717, 1.165) is 44.1 Å². The third-order valence-electron chi connectivity index (χ3n) is 5.14. The van der Waals surface area contributed by atoms with E-state index >= 15 is 0 Å². The molecule has 0 atom stereocenters. The maximum atomic E-state index is 4.92. The lowest BCUT2D eigenvalue weighted by molar-refractivity contribution is 0.749. The zero-order valence-corrected chi connectivity index (χ0v) is 14.1. The minimum atomic E-state index is 0.800. The molecule has 0 saturated carbocycles. The third-order valence-corrected chi connectivity index (χ3v) is 5.14. The maximum absolute atomic E-state index is 4.92. The third kappa shape index (κ3) is 2.45. The van der Waals surface area contributed by atoms with E-state index in [1.165, 1.54) is 22.5 Å². The molecule has 25 heavy (non-hydrogen) atoms. The van der Waals surface area contributed by atoms with Crippen molar-refractivity contribution in [3.05, 3.63) is 71.9 Å². The first-order valence-corrected chi connectivity index (χ1v) is 8.94. The van der Waals surface area contributed by atoms with Crippen LogP contribution in [0, 0.1) is 0 Å². The van der Waals surface area contributed by atoms with Crippen LogP contribution in [-0.2, 0) is 12.8 Å². The summed E-state index contributed by atoms with van der Waals surface area (Å²) in [5.74, 6) is 1.78. The molecule has 0 fully saturated rings. The van der Waals surface area contributed by atoms with E-state index in [9.17, 15) is 0 Å². The van der Waals surface area contributed by atoms with Gasteiger partial charge in [-0.05, 0) is 48.6 Å². The fourth-order valence-corrected chi connectivity index (χ4v) is 3.94. The van der Waals surface area contributed by atoms with Gasteiger partial charge in [-0.25, -0.2) is 4.98 Å². The van der Waals surface area contributed by atoms with E-state index in [2.05, 4.69) is 63.3 Å². The van der Waals surface area contributed by atoms with Gasteiger partial charge in [0.2, 0.25) is 5.95 Å². The van der Waals surface area contributed by atoms with Gasteiger partial charge in [-0.15, -0.1) is 0 Å². The molecule has 2 aliphatic rings. The number of aromatic nitrogens is 2. The first-order valence-electron chi connectivity index (χ1n) is 8.94. The molecule has 4 heteroatoms. The summed E-state index contributed by atoms with van der Waals surface area (Å²) in [6, 6.07) is 19.2. The number of fused-ring (bicyclic) bond motifs is 2. The smallest absolute Gasteiger partial charge is 0.231 e. The van der Waals surface area contributed by atoms with Gasteiger partial charge in [0, 0.05) is 30.7 Å². The van der Waals surface area contributed by atoms with Crippen molar-refractivity contribution in [2.75, 3.05) is 22.9 Å². The Bertz CT molecular complexity index is 921. The number of rotatable bonds is 2. The fraction of sp³-hybridized carbons (Fsp3) is 0.238. The van der Waals surface area contributed by atoms with E-state index in [1.54, 1.807) is 0 Å². The molecule has 0 amide bonds. The fourth-order valence-electron chi connectivity index (χ4n) is 3.94. The summed E-state index contributed by atoms with van der Waals surface area (Å²) in [7, 11) is 0. The molecule has 124 valence electrons. The van der Waals surface area contributed by atoms with E-state index in [1.807, 2.05) is 12.3 Å². The molecule has 5 rings (SSSR count). The first-order chi connectivity index (χ1) is 12.4. The van der Waals surface area contributed by atoms with E-state index in [0.29, 0.717) is 0 Å². The first kappa shape index (κ1) is 14.5. The summed E-state index contributed by atoms with van der Waals surface area (Å²) < 4.78 is 0. The van der Waals surface area contributed by atoms with E-state index in [-0.39, 0.29) is 0 Å². The van der Waals surface area contributed by atoms with Crippen molar-refractivity contribution in [3.8, 4) is 0 Å². The van der Waals surface area contributed by atoms with Crippen LogP contribution in [0.3, 0.4) is 0 Å². The van der Waals surface area contributed by atoms with Crippen LogP contribution in [0.1, 0.15) is 17.5 Å². The van der Waals surface area contributed by atoms with Gasteiger partial charge >= 0.3 is 0 Å². The van der Waals surface area contributed by atoms with Crippen molar-refractivity contribution in [1.82, 2.24) is 9.97 Å². The highest BCUT2D eigenvalue weighted by Crippen LogP contribution is 2.35. The van der Waals surface area contributed by atoms with Crippen LogP contribution < -0.4 is 9.80 Å². The van der Waals surface area contributed by atoms with Gasteiger partial charge in [0.15, 0.2) is 0 Å². The maximum Gasteiger partial charge on any atom is 0.231 e. The van der Waals surface area contributed by atoms with Crippen molar-refractivity contribution in [3.63, 3.8) is 0 Å². The number of nitrogens with zero attached hydrogens (tertiary/aromatic N) is 4. The molecule has 0 bridgehead atoms. The predicted octanol–water partition coefficient (Wildman–Crippen LogP) is 4.26. The molecule has 3 heterocycles. The normalized spacial score (nSPS) is 15.8. The lowest BCUT2D eigenvalue weighted by atomic mass is 10.0. The lowest BCUT2D eigenvalue weighted by Gasteiger charge is -2.30. The molecule has 1 aromatic heterocycles. The van der Waals surface area contributed by atoms with Gasteiger partial charge in [-0.2, -0.15) is 4.98 Å². The zero-order valence-electron chi connectivity index (χ0n) is 14.1. The number of hydrogen-bond donors (Lipinski definition) is 0. The Morgan fingerprint density at radius 2 is 1.44 bits per heavy atom. The highest BCUT2D eigenvalue weighted by atomic mass is 15.3. The number of hydrogen-bond acceptors (Lipinski definition) is 4. The largest absolute Gasteiger partial charge is 0.326 e. The number of anilines is 4. The molecule has 2 aromatic carbocycles. The van der Waals surface area contributed by atoms with Crippen LogP contribution in [0.5, 0.6) is 0 Å². The molecule has 0 radical (unpaired) electrons. The van der Waals surface area contributed by atoms with E-state index in [4.69, 9.17) is 4.98 Å². The van der Waals surface area contributed by atoms with Gasteiger partial charge in [0.25, 0.3) is 0 Å². The summed E-state index contributed by atoms with van der Waals surface area (Å²) in [4.78, 5) is 14.1. The van der Waals surface area contributed by atoms with Gasteiger partial charge in [0.1, 0.15) is 5.82 Å². The Balaban J connectivity index is 1.53. The minimum absolute atomic E-state index is 0.800. The van der Waals surface area contributed by atoms with Crippen LogP contribution in [0.25, 0.3) is 0 Å². The molecule has 0 unspecified atom stereocenters. The number of benzene rings is 2. The average molecular weight is 328 g/mol. The Hall–Kier alpha value is -2.88. The van der Waals surface area contributed by atoms with Crippen LogP contribution >= 0.6 is 0 Å². The molecule has 0 saturated heterocycles. The van der Waals surface area contributed by atoms with E-state index < -0.39 is 0 Å². The summed E-state index contributed by atoms with van der Waals surface area (Å²) in [6.45, 7) is 1.95. The van der Waals surface area contributed by atoms with Crippen molar-refractivity contribution in [1.29, 1.82) is 0 Å². The van der Waals surface area contributed by atoms with Crippen molar-refractivity contribution in [2.45, 2.75) is 19.3 Å². The quantitative estimate of drug-likeness (QED) is 0.704. The average Bonchev–Trinajstić information content (AvgIpc) is 3.12. The van der Waals surface area contributed by atoms with Crippen molar-refractivity contribution in [2.24, 2.45) is 0 Å². The zero-order chi connectivity index (χ0) is 16.6. The summed E-state index contributed by atoms with van der Waals surface area (Å²) in [5.41, 5.74) is 5.29. The second kappa shape index (κ2) is 5.88. The van der Waals surface area contributed by atoms with Crippen LogP contribution in [0.4, 0.5) is 23.1 Å². The summed E-state index contributed by atoms with van der Waals surface area (Å²) >= 11 is 0.